The van der Waals surface area contributed by atoms with Gasteiger partial charge in [-0.15, -0.1) is 0 Å². The van der Waals surface area contributed by atoms with Gasteiger partial charge >= 0.3 is 0 Å². The Morgan fingerprint density at radius 3 is 2.69 bits per heavy atom. The first-order chi connectivity index (χ1) is 7.52. The lowest BCUT2D eigenvalue weighted by molar-refractivity contribution is 0.112. The molecule has 2 heteroatoms. The fourth-order valence-corrected chi connectivity index (χ4v) is 2.37. The Hall–Kier alpha value is -1.31. The predicted molar refractivity (Wildman–Crippen MR) is 67.2 cm³/mol. The van der Waals surface area contributed by atoms with Crippen molar-refractivity contribution in [2.45, 2.75) is 27.2 Å². The second-order valence-electron chi connectivity index (χ2n) is 5.52. The molecule has 0 saturated carbocycles. The van der Waals surface area contributed by atoms with Gasteiger partial charge in [-0.3, -0.25) is 4.79 Å². The Labute approximate surface area is 97.3 Å². The summed E-state index contributed by atoms with van der Waals surface area (Å²) >= 11 is 0. The molecule has 2 rings (SSSR count). The van der Waals surface area contributed by atoms with Gasteiger partial charge < -0.3 is 4.90 Å². The third-order valence-electron chi connectivity index (χ3n) is 3.33. The predicted octanol–water partition coefficient (Wildman–Crippen LogP) is 3.04. The van der Waals surface area contributed by atoms with Crippen LogP contribution in [0.4, 0.5) is 5.69 Å². The van der Waals surface area contributed by atoms with E-state index in [1.807, 2.05) is 13.0 Å². The van der Waals surface area contributed by atoms with Crippen molar-refractivity contribution in [3.63, 3.8) is 0 Å². The zero-order valence-corrected chi connectivity index (χ0v) is 10.3. The first-order valence-corrected chi connectivity index (χ1v) is 5.83. The van der Waals surface area contributed by atoms with Gasteiger partial charge in [0.15, 0.2) is 6.29 Å². The maximum atomic E-state index is 11.1. The molecule has 0 amide bonds. The summed E-state index contributed by atoms with van der Waals surface area (Å²) in [7, 11) is 0. The number of rotatable bonds is 2. The van der Waals surface area contributed by atoms with E-state index in [2.05, 4.69) is 30.9 Å². The normalized spacial score (nSPS) is 18.8. The molecule has 1 aliphatic rings. The Kier molecular flexibility index (Phi) is 2.75. The number of aldehydes is 1. The maximum absolute atomic E-state index is 11.1. The second-order valence-corrected chi connectivity index (χ2v) is 5.52. The van der Waals surface area contributed by atoms with E-state index in [0.717, 1.165) is 36.2 Å². The summed E-state index contributed by atoms with van der Waals surface area (Å²) in [4.78, 5) is 13.4. The van der Waals surface area contributed by atoms with Crippen LogP contribution in [0.5, 0.6) is 0 Å². The Morgan fingerprint density at radius 2 is 2.12 bits per heavy atom. The number of aryl methyl sites for hydroxylation is 1. The third-order valence-corrected chi connectivity index (χ3v) is 3.33. The first kappa shape index (κ1) is 11.2. The van der Waals surface area contributed by atoms with Gasteiger partial charge in [0.25, 0.3) is 0 Å². The van der Waals surface area contributed by atoms with E-state index in [1.54, 1.807) is 0 Å². The molecule has 86 valence electrons. The number of hydrogen-bond donors (Lipinski definition) is 0. The number of nitrogens with zero attached hydrogens (tertiary/aromatic N) is 1. The molecule has 0 aliphatic carbocycles. The fraction of sp³-hybridized carbons (Fsp3) is 0.500. The van der Waals surface area contributed by atoms with Crippen LogP contribution in [-0.4, -0.2) is 19.4 Å². The highest BCUT2D eigenvalue weighted by atomic mass is 16.1. The van der Waals surface area contributed by atoms with E-state index in [9.17, 15) is 4.79 Å². The van der Waals surface area contributed by atoms with Gasteiger partial charge in [0, 0.05) is 24.3 Å². The molecule has 1 fully saturated rings. The smallest absolute Gasteiger partial charge is 0.152 e. The molecule has 0 spiro atoms. The van der Waals surface area contributed by atoms with E-state index in [1.165, 1.54) is 6.42 Å². The lowest BCUT2D eigenvalue weighted by Crippen LogP contribution is -2.23. The van der Waals surface area contributed by atoms with E-state index in [4.69, 9.17) is 0 Å². The van der Waals surface area contributed by atoms with Crippen LogP contribution in [0.3, 0.4) is 0 Å². The Bertz CT molecular complexity index is 409. The maximum Gasteiger partial charge on any atom is 0.152 e. The van der Waals surface area contributed by atoms with Crippen LogP contribution in [0.15, 0.2) is 18.2 Å². The van der Waals surface area contributed by atoms with Crippen molar-refractivity contribution in [3.8, 4) is 0 Å². The summed E-state index contributed by atoms with van der Waals surface area (Å²) in [5.41, 5.74) is 3.42. The van der Waals surface area contributed by atoms with Gasteiger partial charge in [-0.25, -0.2) is 0 Å². The number of carbonyl (C=O) groups is 1. The van der Waals surface area contributed by atoms with Crippen molar-refractivity contribution in [2.24, 2.45) is 5.41 Å². The van der Waals surface area contributed by atoms with Crippen molar-refractivity contribution in [3.05, 3.63) is 29.3 Å². The largest absolute Gasteiger partial charge is 0.370 e. The quantitative estimate of drug-likeness (QED) is 0.710. The van der Waals surface area contributed by atoms with Gasteiger partial charge in [0.1, 0.15) is 0 Å². The van der Waals surface area contributed by atoms with Gasteiger partial charge in [-0.05, 0) is 30.9 Å². The average Bonchev–Trinajstić information content (AvgIpc) is 2.58. The molecule has 0 N–H and O–H groups in total. The monoisotopic (exact) mass is 217 g/mol. The van der Waals surface area contributed by atoms with Crippen LogP contribution in [-0.2, 0) is 0 Å². The molecule has 0 bridgehead atoms. The van der Waals surface area contributed by atoms with Gasteiger partial charge in [0.2, 0.25) is 0 Å². The molecular weight excluding hydrogens is 198 g/mol. The molecule has 0 atom stereocenters. The molecule has 16 heavy (non-hydrogen) atoms. The molecule has 0 aromatic heterocycles. The van der Waals surface area contributed by atoms with Crippen LogP contribution in [0.2, 0.25) is 0 Å². The van der Waals surface area contributed by atoms with Gasteiger partial charge in [-0.2, -0.15) is 0 Å². The number of carbonyl (C=O) groups excluding carboxylic acids is 1. The van der Waals surface area contributed by atoms with E-state index in [-0.39, 0.29) is 0 Å². The minimum Gasteiger partial charge on any atom is -0.370 e. The van der Waals surface area contributed by atoms with Crippen LogP contribution in [0, 0.1) is 12.3 Å². The SMILES string of the molecule is Cc1ccc(N2CCC(C)(C)C2)c(C=O)c1. The fourth-order valence-electron chi connectivity index (χ4n) is 2.37. The standard InChI is InChI=1S/C14H19NO/c1-11-4-5-13(12(8-11)9-16)15-7-6-14(2,3)10-15/h4-5,8-9H,6-7,10H2,1-3H3. The van der Waals surface area contributed by atoms with E-state index >= 15 is 0 Å². The lowest BCUT2D eigenvalue weighted by atomic mass is 9.93. The van der Waals surface area contributed by atoms with Crippen LogP contribution < -0.4 is 4.90 Å². The summed E-state index contributed by atoms with van der Waals surface area (Å²) in [6.45, 7) is 8.67. The van der Waals surface area contributed by atoms with Crippen LogP contribution in [0.1, 0.15) is 36.2 Å². The van der Waals surface area contributed by atoms with Crippen molar-refractivity contribution >= 4 is 12.0 Å². The second kappa shape index (κ2) is 3.93. The summed E-state index contributed by atoms with van der Waals surface area (Å²) in [5.74, 6) is 0. The van der Waals surface area contributed by atoms with E-state index < -0.39 is 0 Å². The summed E-state index contributed by atoms with van der Waals surface area (Å²) < 4.78 is 0. The van der Waals surface area contributed by atoms with Gasteiger partial charge in [-0.1, -0.05) is 25.5 Å². The zero-order valence-electron chi connectivity index (χ0n) is 10.3. The number of benzene rings is 1. The molecular formula is C14H19NO. The van der Waals surface area contributed by atoms with E-state index in [0.29, 0.717) is 5.41 Å². The van der Waals surface area contributed by atoms with Crippen molar-refractivity contribution in [1.29, 1.82) is 0 Å². The topological polar surface area (TPSA) is 20.3 Å². The summed E-state index contributed by atoms with van der Waals surface area (Å²) in [6, 6.07) is 6.11. The lowest BCUT2D eigenvalue weighted by Gasteiger charge is -2.23. The Morgan fingerprint density at radius 1 is 1.38 bits per heavy atom. The third kappa shape index (κ3) is 2.11. The molecule has 1 saturated heterocycles. The molecule has 0 unspecified atom stereocenters. The van der Waals surface area contributed by atoms with Crippen LogP contribution >= 0.6 is 0 Å². The number of hydrogen-bond acceptors (Lipinski definition) is 2. The molecule has 2 nitrogen and oxygen atoms in total. The highest BCUT2D eigenvalue weighted by Crippen LogP contribution is 2.33. The summed E-state index contributed by atoms with van der Waals surface area (Å²) in [5, 5.41) is 0. The highest BCUT2D eigenvalue weighted by molar-refractivity contribution is 5.85. The Balaban J connectivity index is 2.31. The molecule has 1 aromatic carbocycles. The minimum absolute atomic E-state index is 0.366. The van der Waals surface area contributed by atoms with Crippen molar-refractivity contribution in [1.82, 2.24) is 0 Å². The molecule has 1 aromatic rings. The minimum atomic E-state index is 0.366. The zero-order chi connectivity index (χ0) is 11.8. The van der Waals surface area contributed by atoms with Crippen molar-refractivity contribution in [2.75, 3.05) is 18.0 Å². The van der Waals surface area contributed by atoms with Crippen LogP contribution in [0.25, 0.3) is 0 Å². The number of anilines is 1. The average molecular weight is 217 g/mol. The first-order valence-electron chi connectivity index (χ1n) is 5.83. The molecule has 1 aliphatic heterocycles. The summed E-state index contributed by atoms with van der Waals surface area (Å²) in [6.07, 6.45) is 2.16. The van der Waals surface area contributed by atoms with Gasteiger partial charge in [0.05, 0.1) is 0 Å². The molecule has 1 heterocycles. The molecule has 0 radical (unpaired) electrons. The highest BCUT2D eigenvalue weighted by Gasteiger charge is 2.30. The van der Waals surface area contributed by atoms with Crippen molar-refractivity contribution < 1.29 is 4.79 Å².